The van der Waals surface area contributed by atoms with Crippen LogP contribution in [0.3, 0.4) is 0 Å². The average molecular weight is 262 g/mol. The van der Waals surface area contributed by atoms with E-state index in [0.29, 0.717) is 21.4 Å². The summed E-state index contributed by atoms with van der Waals surface area (Å²) < 4.78 is 0. The molecular formula is C10H13Cl2N3O. The Kier molecular flexibility index (Phi) is 4.26. The van der Waals surface area contributed by atoms with Crippen molar-refractivity contribution in [3.63, 3.8) is 0 Å². The standard InChI is InChI=1S/C10H13Cl2N3O/c1-5(2-9(14)16)15-10-7(11)3-6(13)4-8(10)12/h3-5,15H,2,13H2,1H3,(H2,14,16). The van der Waals surface area contributed by atoms with Crippen molar-refractivity contribution < 1.29 is 4.79 Å². The van der Waals surface area contributed by atoms with Crippen molar-refractivity contribution in [2.75, 3.05) is 11.1 Å². The first kappa shape index (κ1) is 12.9. The molecular weight excluding hydrogens is 249 g/mol. The Morgan fingerprint density at radius 3 is 2.38 bits per heavy atom. The summed E-state index contributed by atoms with van der Waals surface area (Å²) in [5.41, 5.74) is 11.7. The lowest BCUT2D eigenvalue weighted by atomic mass is 10.2. The zero-order valence-corrected chi connectivity index (χ0v) is 10.3. The Balaban J connectivity index is 2.85. The highest BCUT2D eigenvalue weighted by molar-refractivity contribution is 6.39. The van der Waals surface area contributed by atoms with Crippen molar-refractivity contribution in [3.05, 3.63) is 22.2 Å². The highest BCUT2D eigenvalue weighted by Crippen LogP contribution is 2.33. The number of hydrogen-bond donors (Lipinski definition) is 3. The number of carbonyl (C=O) groups is 1. The van der Waals surface area contributed by atoms with Crippen molar-refractivity contribution in [2.24, 2.45) is 5.73 Å². The second-order valence-corrected chi connectivity index (χ2v) is 4.39. The molecule has 16 heavy (non-hydrogen) atoms. The van der Waals surface area contributed by atoms with Gasteiger partial charge in [0.1, 0.15) is 0 Å². The molecule has 1 amide bonds. The van der Waals surface area contributed by atoms with Crippen LogP contribution in [0.25, 0.3) is 0 Å². The topological polar surface area (TPSA) is 81.1 Å². The number of hydrogen-bond acceptors (Lipinski definition) is 3. The van der Waals surface area contributed by atoms with E-state index in [1.807, 2.05) is 6.92 Å². The van der Waals surface area contributed by atoms with Crippen molar-refractivity contribution in [1.29, 1.82) is 0 Å². The quantitative estimate of drug-likeness (QED) is 0.728. The van der Waals surface area contributed by atoms with E-state index in [9.17, 15) is 4.79 Å². The fraction of sp³-hybridized carbons (Fsp3) is 0.300. The van der Waals surface area contributed by atoms with Crippen LogP contribution in [0, 0.1) is 0 Å². The molecule has 6 heteroatoms. The van der Waals surface area contributed by atoms with Crippen molar-refractivity contribution in [2.45, 2.75) is 19.4 Å². The van der Waals surface area contributed by atoms with Crippen LogP contribution in [0.5, 0.6) is 0 Å². The fourth-order valence-corrected chi connectivity index (χ4v) is 1.94. The molecule has 1 atom stereocenters. The Hall–Kier alpha value is -1.13. The number of amides is 1. The second kappa shape index (κ2) is 5.27. The van der Waals surface area contributed by atoms with E-state index in [1.165, 1.54) is 0 Å². The molecule has 1 aromatic carbocycles. The molecule has 0 aliphatic rings. The van der Waals surface area contributed by atoms with Gasteiger partial charge in [0.25, 0.3) is 0 Å². The molecule has 4 nitrogen and oxygen atoms in total. The van der Waals surface area contributed by atoms with E-state index < -0.39 is 0 Å². The zero-order valence-electron chi connectivity index (χ0n) is 8.76. The van der Waals surface area contributed by atoms with Crippen LogP contribution in [0.2, 0.25) is 10.0 Å². The van der Waals surface area contributed by atoms with Crippen molar-refractivity contribution in [3.8, 4) is 0 Å². The maximum absolute atomic E-state index is 10.7. The van der Waals surface area contributed by atoms with Crippen LogP contribution in [0.15, 0.2) is 12.1 Å². The maximum atomic E-state index is 10.7. The van der Waals surface area contributed by atoms with E-state index in [-0.39, 0.29) is 18.4 Å². The number of primary amides is 1. The lowest BCUT2D eigenvalue weighted by Crippen LogP contribution is -2.24. The first-order chi connectivity index (χ1) is 7.40. The fourth-order valence-electron chi connectivity index (χ4n) is 1.33. The van der Waals surface area contributed by atoms with Crippen molar-refractivity contribution in [1.82, 2.24) is 0 Å². The highest BCUT2D eigenvalue weighted by atomic mass is 35.5. The van der Waals surface area contributed by atoms with Crippen molar-refractivity contribution >= 4 is 40.5 Å². The second-order valence-electron chi connectivity index (χ2n) is 3.58. The zero-order chi connectivity index (χ0) is 12.3. The molecule has 1 aromatic rings. The number of nitrogen functional groups attached to an aromatic ring is 1. The smallest absolute Gasteiger partial charge is 0.219 e. The van der Waals surface area contributed by atoms with Gasteiger partial charge in [-0.3, -0.25) is 4.79 Å². The third kappa shape index (κ3) is 3.47. The lowest BCUT2D eigenvalue weighted by Gasteiger charge is -2.16. The predicted octanol–water partition coefficient (Wildman–Crippen LogP) is 2.25. The number of nitrogens with one attached hydrogen (secondary N) is 1. The Morgan fingerprint density at radius 1 is 1.44 bits per heavy atom. The summed E-state index contributed by atoms with van der Waals surface area (Å²) in [4.78, 5) is 10.7. The van der Waals surface area contributed by atoms with Crippen LogP contribution in [-0.4, -0.2) is 11.9 Å². The number of halogens is 2. The summed E-state index contributed by atoms with van der Waals surface area (Å²) in [5, 5.41) is 3.85. The van der Waals surface area contributed by atoms with Gasteiger partial charge in [-0.25, -0.2) is 0 Å². The number of anilines is 2. The van der Waals surface area contributed by atoms with Gasteiger partial charge >= 0.3 is 0 Å². The van der Waals surface area contributed by atoms with Crippen LogP contribution in [-0.2, 0) is 4.79 Å². The summed E-state index contributed by atoms with van der Waals surface area (Å²) in [5.74, 6) is -0.386. The van der Waals surface area contributed by atoms with Crippen LogP contribution in [0.1, 0.15) is 13.3 Å². The largest absolute Gasteiger partial charge is 0.399 e. The van der Waals surface area contributed by atoms with Crippen LogP contribution < -0.4 is 16.8 Å². The molecule has 0 saturated heterocycles. The Morgan fingerprint density at radius 2 is 1.94 bits per heavy atom. The molecule has 0 spiro atoms. The third-order valence-electron chi connectivity index (χ3n) is 1.96. The number of nitrogens with two attached hydrogens (primary N) is 2. The summed E-state index contributed by atoms with van der Waals surface area (Å²) in [6.07, 6.45) is 0.205. The molecule has 1 unspecified atom stereocenters. The highest BCUT2D eigenvalue weighted by Gasteiger charge is 2.11. The predicted molar refractivity (Wildman–Crippen MR) is 67.8 cm³/mol. The van der Waals surface area contributed by atoms with Gasteiger partial charge in [0.15, 0.2) is 0 Å². The minimum absolute atomic E-state index is 0.142. The first-order valence-corrected chi connectivity index (χ1v) is 5.45. The summed E-state index contributed by atoms with van der Waals surface area (Å²) in [7, 11) is 0. The third-order valence-corrected chi connectivity index (χ3v) is 2.56. The Labute approximate surface area is 104 Å². The van der Waals surface area contributed by atoms with E-state index in [0.717, 1.165) is 0 Å². The van der Waals surface area contributed by atoms with E-state index in [4.69, 9.17) is 34.7 Å². The number of benzene rings is 1. The van der Waals surface area contributed by atoms with E-state index in [2.05, 4.69) is 5.32 Å². The van der Waals surface area contributed by atoms with Gasteiger partial charge in [-0.15, -0.1) is 0 Å². The van der Waals surface area contributed by atoms with Gasteiger partial charge < -0.3 is 16.8 Å². The van der Waals surface area contributed by atoms with E-state index >= 15 is 0 Å². The molecule has 0 bridgehead atoms. The molecule has 88 valence electrons. The number of rotatable bonds is 4. The molecule has 0 saturated carbocycles. The van der Waals surface area contributed by atoms with Gasteiger partial charge in [-0.1, -0.05) is 23.2 Å². The number of carbonyl (C=O) groups excluding carboxylic acids is 1. The van der Waals surface area contributed by atoms with Crippen LogP contribution in [0.4, 0.5) is 11.4 Å². The average Bonchev–Trinajstić information content (AvgIpc) is 2.09. The molecule has 0 radical (unpaired) electrons. The monoisotopic (exact) mass is 261 g/mol. The first-order valence-electron chi connectivity index (χ1n) is 4.69. The van der Waals surface area contributed by atoms with Gasteiger partial charge in [0, 0.05) is 18.2 Å². The molecule has 0 aliphatic carbocycles. The summed E-state index contributed by atoms with van der Waals surface area (Å²) in [6.45, 7) is 1.81. The normalized spacial score (nSPS) is 12.2. The van der Waals surface area contributed by atoms with E-state index in [1.54, 1.807) is 12.1 Å². The molecule has 0 heterocycles. The summed E-state index contributed by atoms with van der Waals surface area (Å²) in [6, 6.07) is 3.04. The van der Waals surface area contributed by atoms with Gasteiger partial charge in [0.2, 0.25) is 5.91 Å². The molecule has 5 N–H and O–H groups in total. The van der Waals surface area contributed by atoms with Crippen LogP contribution >= 0.6 is 23.2 Å². The van der Waals surface area contributed by atoms with Gasteiger partial charge in [-0.2, -0.15) is 0 Å². The van der Waals surface area contributed by atoms with Gasteiger partial charge in [-0.05, 0) is 19.1 Å². The molecule has 0 aromatic heterocycles. The Bertz CT molecular complexity index is 386. The minimum Gasteiger partial charge on any atom is -0.399 e. The minimum atomic E-state index is -0.386. The SMILES string of the molecule is CC(CC(N)=O)Nc1c(Cl)cc(N)cc1Cl. The maximum Gasteiger partial charge on any atom is 0.219 e. The van der Waals surface area contributed by atoms with Gasteiger partial charge in [0.05, 0.1) is 15.7 Å². The molecule has 0 aliphatic heterocycles. The molecule has 0 fully saturated rings. The lowest BCUT2D eigenvalue weighted by molar-refractivity contribution is -0.118. The molecule has 1 rings (SSSR count). The summed E-state index contributed by atoms with van der Waals surface area (Å²) >= 11 is 11.9.